The van der Waals surface area contributed by atoms with Crippen molar-refractivity contribution in [3.8, 4) is 5.75 Å². The van der Waals surface area contributed by atoms with Gasteiger partial charge in [-0.25, -0.2) is 8.42 Å². The smallest absolute Gasteiger partial charge is 0.243 e. The highest BCUT2D eigenvalue weighted by atomic mass is 32.2. The summed E-state index contributed by atoms with van der Waals surface area (Å²) < 4.78 is 33.8. The van der Waals surface area contributed by atoms with Crippen molar-refractivity contribution in [2.75, 3.05) is 19.7 Å². The van der Waals surface area contributed by atoms with Crippen molar-refractivity contribution in [2.24, 2.45) is 11.7 Å². The second-order valence-electron chi connectivity index (χ2n) is 6.66. The molecule has 0 saturated carbocycles. The molecule has 0 radical (unpaired) electrons. The number of benzene rings is 2. The lowest BCUT2D eigenvalue weighted by Crippen LogP contribution is -2.44. The predicted molar refractivity (Wildman–Crippen MR) is 100 cm³/mol. The van der Waals surface area contributed by atoms with Gasteiger partial charge in [0.15, 0.2) is 0 Å². The number of hydrogen-bond acceptors (Lipinski definition) is 4. The van der Waals surface area contributed by atoms with E-state index in [1.54, 1.807) is 16.4 Å². The highest BCUT2D eigenvalue weighted by Crippen LogP contribution is 2.34. The summed E-state index contributed by atoms with van der Waals surface area (Å²) in [5.41, 5.74) is 6.02. The zero-order valence-electron chi connectivity index (χ0n) is 14.8. The zero-order valence-corrected chi connectivity index (χ0v) is 15.6. The molecule has 2 unspecified atom stereocenters. The van der Waals surface area contributed by atoms with E-state index in [0.717, 1.165) is 18.2 Å². The summed E-state index contributed by atoms with van der Waals surface area (Å²) in [7, 11) is -3.56. The van der Waals surface area contributed by atoms with Crippen LogP contribution in [0, 0.1) is 5.92 Å². The highest BCUT2D eigenvalue weighted by molar-refractivity contribution is 7.89. The average molecular weight is 362 g/mol. The minimum atomic E-state index is -3.56. The molecular formula is C19H26N2O3S. The van der Waals surface area contributed by atoms with E-state index in [-0.39, 0.29) is 12.0 Å². The summed E-state index contributed by atoms with van der Waals surface area (Å²) in [5, 5.41) is 1.53. The van der Waals surface area contributed by atoms with Crippen molar-refractivity contribution in [3.05, 3.63) is 36.4 Å². The molecule has 1 aliphatic heterocycles. The summed E-state index contributed by atoms with van der Waals surface area (Å²) in [5.74, 6) is 0.918. The van der Waals surface area contributed by atoms with E-state index >= 15 is 0 Å². The van der Waals surface area contributed by atoms with E-state index in [1.807, 2.05) is 38.1 Å². The molecule has 1 fully saturated rings. The van der Waals surface area contributed by atoms with Gasteiger partial charge in [0.25, 0.3) is 0 Å². The van der Waals surface area contributed by atoms with E-state index in [2.05, 4.69) is 0 Å². The number of hydrogen-bond donors (Lipinski definition) is 1. The maximum absolute atomic E-state index is 13.3. The standard InChI is InChI=1S/C19H26N2O3S/c1-3-24-18-10-11-19(17-9-5-4-8-16(17)18)25(22,23)21-12-6-7-15(13-21)14(2)20/h4-5,8-11,14-15H,3,6-7,12-13,20H2,1-2H3. The maximum atomic E-state index is 13.3. The monoisotopic (exact) mass is 362 g/mol. The first-order valence-electron chi connectivity index (χ1n) is 8.85. The number of fused-ring (bicyclic) bond motifs is 1. The fraction of sp³-hybridized carbons (Fsp3) is 0.474. The molecule has 2 atom stereocenters. The first-order valence-corrected chi connectivity index (χ1v) is 10.3. The molecule has 136 valence electrons. The first-order chi connectivity index (χ1) is 11.9. The van der Waals surface area contributed by atoms with Crippen molar-refractivity contribution in [1.82, 2.24) is 4.31 Å². The van der Waals surface area contributed by atoms with E-state index in [0.29, 0.717) is 35.7 Å². The van der Waals surface area contributed by atoms with Crippen LogP contribution in [-0.2, 0) is 10.0 Å². The van der Waals surface area contributed by atoms with Crippen LogP contribution in [0.2, 0.25) is 0 Å². The van der Waals surface area contributed by atoms with Gasteiger partial charge in [0.1, 0.15) is 5.75 Å². The molecule has 1 saturated heterocycles. The second-order valence-corrected chi connectivity index (χ2v) is 8.57. The average Bonchev–Trinajstić information content (AvgIpc) is 2.62. The van der Waals surface area contributed by atoms with Crippen molar-refractivity contribution in [1.29, 1.82) is 0 Å². The fourth-order valence-corrected chi connectivity index (χ4v) is 5.24. The van der Waals surface area contributed by atoms with Gasteiger partial charge in [0.05, 0.1) is 11.5 Å². The van der Waals surface area contributed by atoms with Gasteiger partial charge < -0.3 is 10.5 Å². The van der Waals surface area contributed by atoms with Gasteiger partial charge in [0.2, 0.25) is 10.0 Å². The van der Waals surface area contributed by atoms with Crippen molar-refractivity contribution < 1.29 is 13.2 Å². The Kier molecular flexibility index (Phi) is 5.32. The van der Waals surface area contributed by atoms with Crippen LogP contribution in [0.4, 0.5) is 0 Å². The molecule has 2 aromatic rings. The molecule has 2 aromatic carbocycles. The Morgan fingerprint density at radius 1 is 1.24 bits per heavy atom. The number of sulfonamides is 1. The van der Waals surface area contributed by atoms with E-state index in [1.165, 1.54) is 0 Å². The van der Waals surface area contributed by atoms with Crippen molar-refractivity contribution >= 4 is 20.8 Å². The summed E-state index contributed by atoms with van der Waals surface area (Å²) >= 11 is 0. The molecule has 1 aliphatic rings. The predicted octanol–water partition coefficient (Wildman–Crippen LogP) is 2.99. The molecule has 25 heavy (non-hydrogen) atoms. The highest BCUT2D eigenvalue weighted by Gasteiger charge is 2.32. The van der Waals surface area contributed by atoms with Crippen LogP contribution >= 0.6 is 0 Å². The molecule has 0 aliphatic carbocycles. The van der Waals surface area contributed by atoms with Crippen LogP contribution in [0.3, 0.4) is 0 Å². The molecular weight excluding hydrogens is 336 g/mol. The molecule has 0 amide bonds. The molecule has 2 N–H and O–H groups in total. The lowest BCUT2D eigenvalue weighted by atomic mass is 9.93. The number of piperidine rings is 1. The summed E-state index contributed by atoms with van der Waals surface area (Å²) in [6, 6.07) is 10.9. The Morgan fingerprint density at radius 2 is 1.96 bits per heavy atom. The molecule has 1 heterocycles. The van der Waals surface area contributed by atoms with Crippen LogP contribution < -0.4 is 10.5 Å². The molecule has 0 aromatic heterocycles. The normalized spacial score (nSPS) is 20.5. The van der Waals surface area contributed by atoms with E-state index in [4.69, 9.17) is 10.5 Å². The Hall–Kier alpha value is -1.63. The third-order valence-electron chi connectivity index (χ3n) is 4.93. The lowest BCUT2D eigenvalue weighted by molar-refractivity contribution is 0.243. The van der Waals surface area contributed by atoms with Gasteiger partial charge in [-0.1, -0.05) is 24.3 Å². The van der Waals surface area contributed by atoms with Gasteiger partial charge in [-0.05, 0) is 44.7 Å². The second kappa shape index (κ2) is 7.32. The van der Waals surface area contributed by atoms with Crippen molar-refractivity contribution in [3.63, 3.8) is 0 Å². The van der Waals surface area contributed by atoms with Gasteiger partial charge in [0, 0.05) is 29.9 Å². The Balaban J connectivity index is 2.04. The summed E-state index contributed by atoms with van der Waals surface area (Å²) in [6.45, 7) is 5.45. The zero-order chi connectivity index (χ0) is 18.0. The van der Waals surface area contributed by atoms with Crippen LogP contribution in [0.1, 0.15) is 26.7 Å². The molecule has 6 heteroatoms. The number of rotatable bonds is 5. The SMILES string of the molecule is CCOc1ccc(S(=O)(=O)N2CCCC(C(C)N)C2)c2ccccc12. The fourth-order valence-electron chi connectivity index (χ4n) is 3.51. The molecule has 5 nitrogen and oxygen atoms in total. The van der Waals surface area contributed by atoms with Crippen molar-refractivity contribution in [2.45, 2.75) is 37.6 Å². The molecule has 0 bridgehead atoms. The quantitative estimate of drug-likeness (QED) is 0.887. The van der Waals surface area contributed by atoms with E-state index < -0.39 is 10.0 Å². The lowest BCUT2D eigenvalue weighted by Gasteiger charge is -2.34. The molecule has 0 spiro atoms. The Bertz CT molecular complexity index is 849. The minimum absolute atomic E-state index is 0.00456. The largest absolute Gasteiger partial charge is 0.493 e. The third kappa shape index (κ3) is 3.52. The number of nitrogens with zero attached hydrogens (tertiary/aromatic N) is 1. The van der Waals surface area contributed by atoms with Gasteiger partial charge in [-0.15, -0.1) is 0 Å². The Morgan fingerprint density at radius 3 is 2.64 bits per heavy atom. The Labute approximate surface area is 149 Å². The van der Waals surface area contributed by atoms with Crippen LogP contribution in [0.15, 0.2) is 41.3 Å². The van der Waals surface area contributed by atoms with Gasteiger partial charge in [-0.3, -0.25) is 0 Å². The number of ether oxygens (including phenoxy) is 1. The summed E-state index contributed by atoms with van der Waals surface area (Å²) in [4.78, 5) is 0.344. The first kappa shape index (κ1) is 18.2. The van der Waals surface area contributed by atoms with Crippen LogP contribution in [0.5, 0.6) is 5.75 Å². The summed E-state index contributed by atoms with van der Waals surface area (Å²) in [6.07, 6.45) is 1.83. The van der Waals surface area contributed by atoms with Gasteiger partial charge in [-0.2, -0.15) is 4.31 Å². The third-order valence-corrected chi connectivity index (χ3v) is 6.85. The van der Waals surface area contributed by atoms with Crippen LogP contribution in [0.25, 0.3) is 10.8 Å². The van der Waals surface area contributed by atoms with Gasteiger partial charge >= 0.3 is 0 Å². The van der Waals surface area contributed by atoms with E-state index in [9.17, 15) is 8.42 Å². The maximum Gasteiger partial charge on any atom is 0.243 e. The number of nitrogens with two attached hydrogens (primary N) is 1. The van der Waals surface area contributed by atoms with Crippen LogP contribution in [-0.4, -0.2) is 38.5 Å². The topological polar surface area (TPSA) is 72.6 Å². The minimum Gasteiger partial charge on any atom is -0.493 e. The molecule has 3 rings (SSSR count).